The predicted molar refractivity (Wildman–Crippen MR) is 90.2 cm³/mol. The lowest BCUT2D eigenvalue weighted by atomic mass is 10.1. The van der Waals surface area contributed by atoms with Gasteiger partial charge in [-0.2, -0.15) is 0 Å². The summed E-state index contributed by atoms with van der Waals surface area (Å²) in [6, 6.07) is 4.51. The van der Waals surface area contributed by atoms with Crippen molar-refractivity contribution in [3.63, 3.8) is 0 Å². The number of hydrogen-bond donors (Lipinski definition) is 2. The molecule has 1 saturated heterocycles. The van der Waals surface area contributed by atoms with Crippen LogP contribution in [-0.4, -0.2) is 50.2 Å². The van der Waals surface area contributed by atoms with Gasteiger partial charge in [-0.3, -0.25) is 9.69 Å². The third-order valence-electron chi connectivity index (χ3n) is 3.90. The summed E-state index contributed by atoms with van der Waals surface area (Å²) in [6.45, 7) is 3.88. The quantitative estimate of drug-likeness (QED) is 0.528. The van der Waals surface area contributed by atoms with E-state index in [4.69, 9.17) is 9.47 Å². The predicted octanol–water partition coefficient (Wildman–Crippen LogP) is 1.51. The number of nitrogens with zero attached hydrogens (tertiary/aromatic N) is 1. The van der Waals surface area contributed by atoms with Gasteiger partial charge in [-0.1, -0.05) is 6.92 Å². The van der Waals surface area contributed by atoms with Gasteiger partial charge in [-0.05, 0) is 43.6 Å². The second-order valence-corrected chi connectivity index (χ2v) is 5.69. The van der Waals surface area contributed by atoms with Gasteiger partial charge < -0.3 is 20.1 Å². The van der Waals surface area contributed by atoms with Gasteiger partial charge in [0, 0.05) is 6.07 Å². The van der Waals surface area contributed by atoms with E-state index in [0.717, 1.165) is 18.5 Å². The van der Waals surface area contributed by atoms with Crippen LogP contribution in [0.1, 0.15) is 25.3 Å². The first-order valence-corrected chi connectivity index (χ1v) is 8.13. The molecule has 132 valence electrons. The molecule has 0 radical (unpaired) electrons. The molecule has 2 rings (SSSR count). The summed E-state index contributed by atoms with van der Waals surface area (Å²) in [7, 11) is 3.12. The van der Waals surface area contributed by atoms with E-state index in [1.54, 1.807) is 32.4 Å². The number of hydrogen-bond acceptors (Lipinski definition) is 5. The second kappa shape index (κ2) is 8.54. The highest BCUT2D eigenvalue weighted by atomic mass is 16.5. The van der Waals surface area contributed by atoms with E-state index in [-0.39, 0.29) is 18.5 Å². The van der Waals surface area contributed by atoms with Gasteiger partial charge in [0.2, 0.25) is 0 Å². The molecule has 1 atom stereocenters. The highest BCUT2D eigenvalue weighted by Gasteiger charge is 2.37. The van der Waals surface area contributed by atoms with E-state index in [1.807, 2.05) is 0 Å². The van der Waals surface area contributed by atoms with Gasteiger partial charge in [0.15, 0.2) is 0 Å². The molecule has 0 saturated carbocycles. The van der Waals surface area contributed by atoms with Crippen LogP contribution in [-0.2, 0) is 11.3 Å². The molecule has 1 aromatic carbocycles. The molecule has 0 aliphatic carbocycles. The van der Waals surface area contributed by atoms with Crippen LogP contribution in [0.2, 0.25) is 0 Å². The van der Waals surface area contributed by atoms with Crippen LogP contribution in [0, 0.1) is 0 Å². The summed E-state index contributed by atoms with van der Waals surface area (Å²) < 4.78 is 10.4. The van der Waals surface area contributed by atoms with Gasteiger partial charge in [0.1, 0.15) is 17.5 Å². The number of rotatable bonds is 9. The van der Waals surface area contributed by atoms with E-state index in [1.165, 1.54) is 4.90 Å². The Morgan fingerprint density at radius 3 is 2.38 bits per heavy atom. The Bertz CT molecular complexity index is 569. The maximum atomic E-state index is 12.4. The second-order valence-electron chi connectivity index (χ2n) is 5.69. The molecule has 1 fully saturated rings. The molecular formula is C17H25N3O4. The Morgan fingerprint density at radius 2 is 1.79 bits per heavy atom. The highest BCUT2D eigenvalue weighted by Crippen LogP contribution is 2.24. The first-order valence-electron chi connectivity index (χ1n) is 8.13. The van der Waals surface area contributed by atoms with Gasteiger partial charge >= 0.3 is 6.03 Å². The Labute approximate surface area is 142 Å². The Kier molecular flexibility index (Phi) is 6.43. The van der Waals surface area contributed by atoms with Crippen molar-refractivity contribution in [1.29, 1.82) is 0 Å². The van der Waals surface area contributed by atoms with Gasteiger partial charge in [-0.25, -0.2) is 4.79 Å². The van der Waals surface area contributed by atoms with Crippen molar-refractivity contribution in [3.05, 3.63) is 23.8 Å². The number of nitrogens with one attached hydrogen (secondary N) is 2. The average molecular weight is 335 g/mol. The number of carbonyl (C=O) groups is 2. The lowest BCUT2D eigenvalue weighted by Gasteiger charge is -2.15. The summed E-state index contributed by atoms with van der Waals surface area (Å²) in [4.78, 5) is 25.8. The molecule has 1 aliphatic heterocycles. The lowest BCUT2D eigenvalue weighted by molar-refractivity contribution is -0.128. The van der Waals surface area contributed by atoms with Crippen LogP contribution in [0.4, 0.5) is 4.79 Å². The maximum Gasteiger partial charge on any atom is 0.325 e. The van der Waals surface area contributed by atoms with Crippen molar-refractivity contribution >= 4 is 11.9 Å². The topological polar surface area (TPSA) is 79.9 Å². The Morgan fingerprint density at radius 1 is 1.12 bits per heavy atom. The number of imide groups is 1. The third kappa shape index (κ3) is 4.38. The normalized spacial score (nSPS) is 17.1. The van der Waals surface area contributed by atoms with Crippen LogP contribution >= 0.6 is 0 Å². The zero-order valence-electron chi connectivity index (χ0n) is 14.4. The molecule has 24 heavy (non-hydrogen) atoms. The highest BCUT2D eigenvalue weighted by molar-refractivity contribution is 6.04. The van der Waals surface area contributed by atoms with E-state index in [9.17, 15) is 9.59 Å². The summed E-state index contributed by atoms with van der Waals surface area (Å²) in [6.07, 6.45) is 1.62. The van der Waals surface area contributed by atoms with Crippen molar-refractivity contribution < 1.29 is 19.1 Å². The van der Waals surface area contributed by atoms with Crippen LogP contribution in [0.25, 0.3) is 0 Å². The van der Waals surface area contributed by atoms with Crippen molar-refractivity contribution in [3.8, 4) is 11.5 Å². The van der Waals surface area contributed by atoms with Crippen molar-refractivity contribution in [1.82, 2.24) is 15.5 Å². The zero-order chi connectivity index (χ0) is 17.5. The molecule has 3 amide bonds. The number of methoxy groups -OCH3 is 2. The van der Waals surface area contributed by atoms with E-state index in [0.29, 0.717) is 24.5 Å². The molecule has 7 heteroatoms. The largest absolute Gasteiger partial charge is 0.497 e. The number of urea groups is 1. The smallest absolute Gasteiger partial charge is 0.325 e. The summed E-state index contributed by atoms with van der Waals surface area (Å²) in [5.74, 6) is 1.05. The van der Waals surface area contributed by atoms with Gasteiger partial charge in [0.05, 0.1) is 20.8 Å². The number of amides is 3. The van der Waals surface area contributed by atoms with Crippen LogP contribution in [0.15, 0.2) is 18.2 Å². The zero-order valence-corrected chi connectivity index (χ0v) is 14.4. The molecule has 1 heterocycles. The summed E-state index contributed by atoms with van der Waals surface area (Å²) >= 11 is 0. The lowest BCUT2D eigenvalue weighted by Crippen LogP contribution is -2.33. The third-order valence-corrected chi connectivity index (χ3v) is 3.90. The maximum absolute atomic E-state index is 12.4. The van der Waals surface area contributed by atoms with Crippen LogP contribution in [0.3, 0.4) is 0 Å². The first kappa shape index (κ1) is 18.1. The van der Waals surface area contributed by atoms with Crippen molar-refractivity contribution in [2.24, 2.45) is 0 Å². The molecule has 0 bridgehead atoms. The van der Waals surface area contributed by atoms with Crippen LogP contribution in [0.5, 0.6) is 11.5 Å². The molecule has 7 nitrogen and oxygen atoms in total. The molecule has 1 aromatic rings. The Balaban J connectivity index is 2.01. The minimum Gasteiger partial charge on any atom is -0.497 e. The van der Waals surface area contributed by atoms with E-state index >= 15 is 0 Å². The number of carbonyl (C=O) groups excluding carboxylic acids is 2. The fourth-order valence-corrected chi connectivity index (χ4v) is 2.61. The first-order chi connectivity index (χ1) is 11.6. The van der Waals surface area contributed by atoms with Crippen molar-refractivity contribution in [2.45, 2.75) is 32.4 Å². The van der Waals surface area contributed by atoms with E-state index in [2.05, 4.69) is 17.6 Å². The minimum absolute atomic E-state index is 0.192. The minimum atomic E-state index is -0.464. The summed E-state index contributed by atoms with van der Waals surface area (Å²) in [5.41, 5.74) is 0.777. The standard InChI is InChI=1S/C17H25N3O4/c1-4-6-18-7-5-15-16(21)20(17(22)19-15)11-12-8-13(23-2)10-14(9-12)24-3/h8-10,15,18H,4-7,11H2,1-3H3,(H,19,22). The van der Waals surface area contributed by atoms with Gasteiger partial charge in [0.25, 0.3) is 5.91 Å². The average Bonchev–Trinajstić information content (AvgIpc) is 2.86. The summed E-state index contributed by atoms with van der Waals surface area (Å²) in [5, 5.41) is 5.98. The van der Waals surface area contributed by atoms with Gasteiger partial charge in [-0.15, -0.1) is 0 Å². The fourth-order valence-electron chi connectivity index (χ4n) is 2.61. The molecule has 2 N–H and O–H groups in total. The number of ether oxygens (including phenoxy) is 2. The molecule has 0 aromatic heterocycles. The monoisotopic (exact) mass is 335 g/mol. The SMILES string of the molecule is CCCNCCC1NC(=O)N(Cc2cc(OC)cc(OC)c2)C1=O. The van der Waals surface area contributed by atoms with Crippen molar-refractivity contribution in [2.75, 3.05) is 27.3 Å². The Hall–Kier alpha value is -2.28. The number of benzene rings is 1. The van der Waals surface area contributed by atoms with E-state index < -0.39 is 6.04 Å². The van der Waals surface area contributed by atoms with Crippen LogP contribution < -0.4 is 20.1 Å². The fraction of sp³-hybridized carbons (Fsp3) is 0.529. The molecule has 1 unspecified atom stereocenters. The molecule has 1 aliphatic rings. The molecule has 0 spiro atoms. The molecular weight excluding hydrogens is 310 g/mol.